The van der Waals surface area contributed by atoms with Crippen LogP contribution in [-0.4, -0.2) is 24.0 Å². The molecule has 0 fully saturated rings. The van der Waals surface area contributed by atoms with E-state index in [1.165, 1.54) is 38.3 Å². The molecule has 0 aromatic heterocycles. The monoisotopic (exact) mass is 279 g/mol. The highest BCUT2D eigenvalue weighted by Gasteiger charge is 2.25. The number of nitro benzene ring substituents is 1. The standard InChI is InChI=1S/C13H13NO6/c1-8(13(16)19-3)12(20-9(2)15)10-4-6-11(7-5-10)14(17)18/h4-7,12H,1H2,2-3H3. The van der Waals surface area contributed by atoms with Crippen molar-refractivity contribution in [3.63, 3.8) is 0 Å². The number of hydrogen-bond donors (Lipinski definition) is 0. The maximum Gasteiger partial charge on any atom is 0.337 e. The number of nitro groups is 1. The van der Waals surface area contributed by atoms with Gasteiger partial charge in [-0.15, -0.1) is 0 Å². The first-order chi connectivity index (χ1) is 9.36. The molecule has 0 aliphatic carbocycles. The van der Waals surface area contributed by atoms with Crippen molar-refractivity contribution in [2.24, 2.45) is 0 Å². The summed E-state index contributed by atoms with van der Waals surface area (Å²) in [6.07, 6.45) is -1.04. The first kappa shape index (κ1) is 15.4. The first-order valence-corrected chi connectivity index (χ1v) is 5.55. The SMILES string of the molecule is C=C(C(=O)OC)C(OC(C)=O)c1ccc([N+](=O)[O-])cc1. The number of hydrogen-bond acceptors (Lipinski definition) is 6. The van der Waals surface area contributed by atoms with E-state index in [2.05, 4.69) is 11.3 Å². The van der Waals surface area contributed by atoms with Crippen LogP contribution in [0.1, 0.15) is 18.6 Å². The Hall–Kier alpha value is -2.70. The maximum atomic E-state index is 11.5. The van der Waals surface area contributed by atoms with Gasteiger partial charge in [0, 0.05) is 19.1 Å². The first-order valence-electron chi connectivity index (χ1n) is 5.55. The van der Waals surface area contributed by atoms with Crippen molar-refractivity contribution >= 4 is 17.6 Å². The van der Waals surface area contributed by atoms with Crippen molar-refractivity contribution in [1.29, 1.82) is 0 Å². The normalized spacial score (nSPS) is 11.3. The average molecular weight is 279 g/mol. The Morgan fingerprint density at radius 2 is 1.85 bits per heavy atom. The summed E-state index contributed by atoms with van der Waals surface area (Å²) in [6.45, 7) is 4.71. The Morgan fingerprint density at radius 1 is 1.30 bits per heavy atom. The summed E-state index contributed by atoms with van der Waals surface area (Å²) in [5.41, 5.74) is 0.205. The molecule has 1 aromatic rings. The van der Waals surface area contributed by atoms with Crippen LogP contribution in [0.3, 0.4) is 0 Å². The second-order valence-electron chi connectivity index (χ2n) is 3.85. The van der Waals surface area contributed by atoms with E-state index in [1.807, 2.05) is 0 Å². The zero-order valence-corrected chi connectivity index (χ0v) is 11.0. The minimum absolute atomic E-state index is 0.0726. The topological polar surface area (TPSA) is 95.7 Å². The molecular formula is C13H13NO6. The smallest absolute Gasteiger partial charge is 0.337 e. The lowest BCUT2D eigenvalue weighted by molar-refractivity contribution is -0.384. The average Bonchev–Trinajstić information content (AvgIpc) is 2.43. The highest BCUT2D eigenvalue weighted by atomic mass is 16.6. The van der Waals surface area contributed by atoms with Gasteiger partial charge in [0.2, 0.25) is 0 Å². The van der Waals surface area contributed by atoms with E-state index in [4.69, 9.17) is 4.74 Å². The molecule has 0 saturated carbocycles. The maximum absolute atomic E-state index is 11.5. The fourth-order valence-corrected chi connectivity index (χ4v) is 1.52. The largest absolute Gasteiger partial charge is 0.466 e. The summed E-state index contributed by atoms with van der Waals surface area (Å²) in [7, 11) is 1.17. The molecule has 0 N–H and O–H groups in total. The van der Waals surface area contributed by atoms with Gasteiger partial charge in [-0.3, -0.25) is 14.9 Å². The van der Waals surface area contributed by atoms with Crippen LogP contribution < -0.4 is 0 Å². The Labute approximate surface area is 114 Å². The second kappa shape index (κ2) is 6.46. The molecule has 0 bridgehead atoms. The summed E-state index contributed by atoms with van der Waals surface area (Å²) in [6, 6.07) is 5.27. The van der Waals surface area contributed by atoms with Gasteiger partial charge in [-0.1, -0.05) is 6.58 Å². The third-order valence-electron chi connectivity index (χ3n) is 2.45. The van der Waals surface area contributed by atoms with Crippen LogP contribution in [-0.2, 0) is 19.1 Å². The van der Waals surface area contributed by atoms with Gasteiger partial charge in [0.05, 0.1) is 17.6 Å². The lowest BCUT2D eigenvalue weighted by Crippen LogP contribution is -2.17. The predicted octanol–water partition coefficient (Wildman–Crippen LogP) is 1.93. The van der Waals surface area contributed by atoms with Crippen molar-refractivity contribution in [3.8, 4) is 0 Å². The van der Waals surface area contributed by atoms with Crippen LogP contribution in [0.2, 0.25) is 0 Å². The van der Waals surface area contributed by atoms with Gasteiger partial charge in [-0.2, -0.15) is 0 Å². The van der Waals surface area contributed by atoms with Crippen molar-refractivity contribution in [3.05, 3.63) is 52.1 Å². The van der Waals surface area contributed by atoms with E-state index in [1.54, 1.807) is 0 Å². The zero-order chi connectivity index (χ0) is 15.3. The van der Waals surface area contributed by atoms with Crippen LogP contribution in [0, 0.1) is 10.1 Å². The van der Waals surface area contributed by atoms with Crippen molar-refractivity contribution in [2.75, 3.05) is 7.11 Å². The molecule has 0 radical (unpaired) electrons. The van der Waals surface area contributed by atoms with Gasteiger partial charge >= 0.3 is 11.9 Å². The lowest BCUT2D eigenvalue weighted by Gasteiger charge is -2.18. The number of ether oxygens (including phenoxy) is 2. The predicted molar refractivity (Wildman–Crippen MR) is 68.8 cm³/mol. The van der Waals surface area contributed by atoms with Gasteiger partial charge in [-0.05, 0) is 17.7 Å². The number of non-ortho nitro benzene ring substituents is 1. The quantitative estimate of drug-likeness (QED) is 0.353. The molecule has 0 aliphatic heterocycles. The number of rotatable bonds is 5. The number of methoxy groups -OCH3 is 1. The molecule has 1 aromatic carbocycles. The van der Waals surface area contributed by atoms with Crippen molar-refractivity contribution in [1.82, 2.24) is 0 Å². The van der Waals surface area contributed by atoms with Crippen LogP contribution in [0.15, 0.2) is 36.4 Å². The van der Waals surface area contributed by atoms with E-state index in [9.17, 15) is 19.7 Å². The number of benzene rings is 1. The van der Waals surface area contributed by atoms with E-state index < -0.39 is 23.0 Å². The van der Waals surface area contributed by atoms with E-state index >= 15 is 0 Å². The summed E-state index contributed by atoms with van der Waals surface area (Å²) in [5.74, 6) is -1.34. The van der Waals surface area contributed by atoms with Crippen LogP contribution in [0.4, 0.5) is 5.69 Å². The summed E-state index contributed by atoms with van der Waals surface area (Å²) in [5, 5.41) is 10.6. The summed E-state index contributed by atoms with van der Waals surface area (Å²) >= 11 is 0. The third kappa shape index (κ3) is 3.64. The van der Waals surface area contributed by atoms with Crippen molar-refractivity contribution in [2.45, 2.75) is 13.0 Å². The number of esters is 2. The fraction of sp³-hybridized carbons (Fsp3) is 0.231. The highest BCUT2D eigenvalue weighted by molar-refractivity contribution is 5.89. The minimum atomic E-state index is -1.04. The molecule has 0 amide bonds. The Bertz CT molecular complexity index is 548. The number of carbonyl (C=O) groups is 2. The molecule has 20 heavy (non-hydrogen) atoms. The minimum Gasteiger partial charge on any atom is -0.466 e. The van der Waals surface area contributed by atoms with Crippen LogP contribution >= 0.6 is 0 Å². The third-order valence-corrected chi connectivity index (χ3v) is 2.45. The van der Waals surface area contributed by atoms with Crippen LogP contribution in [0.25, 0.3) is 0 Å². The molecule has 0 heterocycles. The van der Waals surface area contributed by atoms with Crippen molar-refractivity contribution < 1.29 is 24.0 Å². The summed E-state index contributed by atoms with van der Waals surface area (Å²) < 4.78 is 9.53. The van der Waals surface area contributed by atoms with Crippen LogP contribution in [0.5, 0.6) is 0 Å². The van der Waals surface area contributed by atoms with E-state index in [0.717, 1.165) is 0 Å². The number of nitrogens with zero attached hydrogens (tertiary/aromatic N) is 1. The van der Waals surface area contributed by atoms with Gasteiger partial charge in [0.25, 0.3) is 5.69 Å². The van der Waals surface area contributed by atoms with Gasteiger partial charge in [0.15, 0.2) is 6.10 Å². The highest BCUT2D eigenvalue weighted by Crippen LogP contribution is 2.27. The Kier molecular flexibility index (Phi) is 4.96. The molecule has 7 heteroatoms. The fourth-order valence-electron chi connectivity index (χ4n) is 1.52. The molecule has 106 valence electrons. The number of carbonyl (C=O) groups excluding carboxylic acids is 2. The van der Waals surface area contributed by atoms with E-state index in [0.29, 0.717) is 5.56 Å². The molecule has 1 rings (SSSR count). The lowest BCUT2D eigenvalue weighted by atomic mass is 10.0. The second-order valence-corrected chi connectivity index (χ2v) is 3.85. The molecule has 1 atom stereocenters. The Balaban J connectivity index is 3.10. The molecule has 0 aliphatic rings. The van der Waals surface area contributed by atoms with Gasteiger partial charge < -0.3 is 9.47 Å². The Morgan fingerprint density at radius 3 is 2.25 bits per heavy atom. The van der Waals surface area contributed by atoms with Gasteiger partial charge in [0.1, 0.15) is 0 Å². The van der Waals surface area contributed by atoms with Gasteiger partial charge in [-0.25, -0.2) is 4.79 Å². The molecule has 0 spiro atoms. The molecule has 7 nitrogen and oxygen atoms in total. The molecule has 0 saturated heterocycles. The zero-order valence-electron chi connectivity index (χ0n) is 11.0. The molecular weight excluding hydrogens is 266 g/mol. The van der Waals surface area contributed by atoms with E-state index in [-0.39, 0.29) is 11.3 Å². The molecule has 1 unspecified atom stereocenters. The summed E-state index contributed by atoms with van der Waals surface area (Å²) in [4.78, 5) is 32.6.